The topological polar surface area (TPSA) is 144 Å². The molecule has 0 fully saturated rings. The highest BCUT2D eigenvalue weighted by Gasteiger charge is 2.20. The molecule has 10 heteroatoms. The minimum Gasteiger partial charge on any atom is -0.478 e. The molecule has 0 aliphatic carbocycles. The van der Waals surface area contributed by atoms with Crippen LogP contribution in [0.4, 0.5) is 5.95 Å². The molecule has 1 aromatic heterocycles. The number of hydrogen-bond acceptors (Lipinski definition) is 7. The van der Waals surface area contributed by atoms with E-state index in [1.807, 2.05) is 32.0 Å². The second-order valence-electron chi connectivity index (χ2n) is 10.0. The van der Waals surface area contributed by atoms with Crippen LogP contribution in [-0.2, 0) is 10.0 Å². The maximum Gasteiger partial charge on any atom is 0.335 e. The Hall–Kier alpha value is -3.76. The second kappa shape index (κ2) is 13.5. The predicted molar refractivity (Wildman–Crippen MR) is 157 cm³/mol. The molecule has 3 rings (SSSR count). The lowest BCUT2D eigenvalue weighted by Gasteiger charge is -2.18. The highest BCUT2D eigenvalue weighted by molar-refractivity contribution is 7.92. The van der Waals surface area contributed by atoms with Crippen molar-refractivity contribution in [2.75, 3.05) is 11.3 Å². The van der Waals surface area contributed by atoms with Gasteiger partial charge in [-0.25, -0.2) is 22.9 Å². The number of carbonyl (C=O) groups is 1. The van der Waals surface area contributed by atoms with E-state index < -0.39 is 16.0 Å². The summed E-state index contributed by atoms with van der Waals surface area (Å²) in [5.74, 6) is -0.706. The number of hydrogen-bond donors (Lipinski definition) is 3. The number of carboxylic acids is 1. The third-order valence-corrected chi connectivity index (χ3v) is 8.11. The summed E-state index contributed by atoms with van der Waals surface area (Å²) in [6.07, 6.45) is 3.69. The molecule has 4 N–H and O–H groups in total. The van der Waals surface area contributed by atoms with Crippen molar-refractivity contribution in [3.8, 4) is 17.1 Å². The molecule has 40 heavy (non-hydrogen) atoms. The van der Waals surface area contributed by atoms with E-state index >= 15 is 0 Å². The summed E-state index contributed by atoms with van der Waals surface area (Å²) in [5.41, 5.74) is 10.5. The molecule has 2 aromatic carbocycles. The second-order valence-corrected chi connectivity index (χ2v) is 11.7. The van der Waals surface area contributed by atoms with Crippen molar-refractivity contribution in [2.24, 2.45) is 11.7 Å². The van der Waals surface area contributed by atoms with Gasteiger partial charge in [0.15, 0.2) is 0 Å². The molecule has 0 spiro atoms. The average molecular weight is 567 g/mol. The van der Waals surface area contributed by atoms with Crippen LogP contribution < -0.4 is 15.2 Å². The molecule has 214 valence electrons. The first-order valence-corrected chi connectivity index (χ1v) is 14.8. The zero-order valence-corrected chi connectivity index (χ0v) is 24.3. The quantitative estimate of drug-likeness (QED) is 0.210. The molecule has 0 bridgehead atoms. The fourth-order valence-electron chi connectivity index (χ4n) is 4.56. The zero-order chi connectivity index (χ0) is 29.4. The lowest BCUT2D eigenvalue weighted by atomic mass is 9.92. The average Bonchev–Trinajstić information content (AvgIpc) is 2.90. The first-order chi connectivity index (χ1) is 18.9. The molecule has 1 heterocycles. The Morgan fingerprint density at radius 3 is 2.33 bits per heavy atom. The Morgan fingerprint density at radius 1 is 1.05 bits per heavy atom. The lowest BCUT2D eigenvalue weighted by molar-refractivity contribution is 0.0696. The number of rotatable bonds is 14. The Bertz CT molecular complexity index is 1450. The summed E-state index contributed by atoms with van der Waals surface area (Å²) in [7, 11) is -4.20. The molecule has 1 unspecified atom stereocenters. The van der Waals surface area contributed by atoms with Gasteiger partial charge in [0.25, 0.3) is 10.0 Å². The van der Waals surface area contributed by atoms with Crippen molar-refractivity contribution in [3.05, 3.63) is 77.4 Å². The number of nitrogens with two attached hydrogens (primary N) is 1. The molecule has 9 nitrogen and oxygen atoms in total. The van der Waals surface area contributed by atoms with Gasteiger partial charge in [0.2, 0.25) is 11.8 Å². The number of aromatic nitrogens is 2. The van der Waals surface area contributed by atoms with Crippen molar-refractivity contribution < 1.29 is 23.1 Å². The van der Waals surface area contributed by atoms with E-state index in [0.717, 1.165) is 47.6 Å². The number of benzene rings is 2. The van der Waals surface area contributed by atoms with Crippen LogP contribution >= 0.6 is 0 Å². The summed E-state index contributed by atoms with van der Waals surface area (Å²) >= 11 is 0. The van der Waals surface area contributed by atoms with Crippen molar-refractivity contribution in [3.63, 3.8) is 0 Å². The largest absolute Gasteiger partial charge is 0.478 e. The SMILES string of the molecule is C=C(CC(N)COc1cc(-c2c(C)cccc2C)nc(NS(=O)(=O)c2cccc(C(=O)O)c2)n1)CC(CC)CC. The Kier molecular flexibility index (Phi) is 10.4. The van der Waals surface area contributed by atoms with Gasteiger partial charge in [-0.1, -0.05) is 63.1 Å². The van der Waals surface area contributed by atoms with Gasteiger partial charge in [-0.2, -0.15) is 4.98 Å². The van der Waals surface area contributed by atoms with E-state index in [-0.39, 0.29) is 34.9 Å². The van der Waals surface area contributed by atoms with E-state index in [1.54, 1.807) is 6.07 Å². The molecular formula is C30H38N4O5S. The van der Waals surface area contributed by atoms with Crippen LogP contribution in [0, 0.1) is 19.8 Å². The molecule has 0 radical (unpaired) electrons. The number of ether oxygens (including phenoxy) is 1. The maximum absolute atomic E-state index is 13.1. The Balaban J connectivity index is 1.90. The van der Waals surface area contributed by atoms with Crippen LogP contribution in [0.3, 0.4) is 0 Å². The number of sulfonamides is 1. The van der Waals surface area contributed by atoms with Crippen LogP contribution in [0.1, 0.15) is 61.0 Å². The molecule has 0 saturated carbocycles. The van der Waals surface area contributed by atoms with E-state index in [2.05, 4.69) is 35.1 Å². The van der Waals surface area contributed by atoms with E-state index in [0.29, 0.717) is 18.0 Å². The first kappa shape index (κ1) is 30.8. The van der Waals surface area contributed by atoms with Crippen molar-refractivity contribution >= 4 is 21.9 Å². The molecule has 0 amide bonds. The van der Waals surface area contributed by atoms with E-state index in [1.165, 1.54) is 18.2 Å². The predicted octanol–water partition coefficient (Wildman–Crippen LogP) is 5.74. The standard InChI is InChI=1S/C30H38N4O5S/c1-6-22(7-2)14-19(3)15-24(31)18-39-27-17-26(28-20(4)10-8-11-21(28)5)32-30(33-27)34-40(37,38)25-13-9-12-23(16-25)29(35)36/h8-13,16-17,22,24H,3,6-7,14-15,18,31H2,1-2,4-5H3,(H,35,36)(H,32,33,34). The van der Waals surface area contributed by atoms with Gasteiger partial charge in [0.1, 0.15) is 6.61 Å². The Labute approximate surface area is 236 Å². The molecule has 0 aliphatic rings. The summed E-state index contributed by atoms with van der Waals surface area (Å²) in [4.78, 5) is 19.9. The fourth-order valence-corrected chi connectivity index (χ4v) is 5.55. The van der Waals surface area contributed by atoms with Gasteiger partial charge in [-0.15, -0.1) is 0 Å². The highest BCUT2D eigenvalue weighted by Crippen LogP contribution is 2.29. The van der Waals surface area contributed by atoms with Crippen LogP contribution in [0.25, 0.3) is 11.3 Å². The van der Waals surface area contributed by atoms with Gasteiger partial charge < -0.3 is 15.6 Å². The third kappa shape index (κ3) is 8.12. The van der Waals surface area contributed by atoms with Crippen LogP contribution in [-0.4, -0.2) is 42.1 Å². The van der Waals surface area contributed by atoms with Gasteiger partial charge in [-0.05, 0) is 61.9 Å². The molecule has 1 atom stereocenters. The van der Waals surface area contributed by atoms with Gasteiger partial charge in [-0.3, -0.25) is 0 Å². The summed E-state index contributed by atoms with van der Waals surface area (Å²) in [6, 6.07) is 12.2. The lowest BCUT2D eigenvalue weighted by Crippen LogP contribution is -2.28. The van der Waals surface area contributed by atoms with Gasteiger partial charge in [0.05, 0.1) is 16.2 Å². The van der Waals surface area contributed by atoms with Gasteiger partial charge >= 0.3 is 5.97 Å². The minimum absolute atomic E-state index is 0.151. The minimum atomic E-state index is -4.20. The number of carboxylic acid groups (broad SMARTS) is 1. The van der Waals surface area contributed by atoms with Crippen LogP contribution in [0.5, 0.6) is 5.88 Å². The number of anilines is 1. The fraction of sp³-hybridized carbons (Fsp3) is 0.367. The van der Waals surface area contributed by atoms with Crippen LogP contribution in [0.15, 0.2) is 65.6 Å². The number of nitrogens with zero attached hydrogens (tertiary/aromatic N) is 2. The molecule has 0 aliphatic heterocycles. The first-order valence-electron chi connectivity index (χ1n) is 13.3. The normalized spacial score (nSPS) is 12.2. The molecular weight excluding hydrogens is 528 g/mol. The smallest absolute Gasteiger partial charge is 0.335 e. The maximum atomic E-state index is 13.1. The molecule has 3 aromatic rings. The van der Waals surface area contributed by atoms with Crippen LogP contribution in [0.2, 0.25) is 0 Å². The molecule has 0 saturated heterocycles. The monoisotopic (exact) mass is 566 g/mol. The van der Waals surface area contributed by atoms with Crippen molar-refractivity contribution in [2.45, 2.75) is 64.3 Å². The highest BCUT2D eigenvalue weighted by atomic mass is 32.2. The number of nitrogens with one attached hydrogen (secondary N) is 1. The van der Waals surface area contributed by atoms with Crippen molar-refractivity contribution in [1.82, 2.24) is 9.97 Å². The summed E-state index contributed by atoms with van der Waals surface area (Å²) in [5, 5.41) is 9.27. The Morgan fingerprint density at radius 2 is 1.70 bits per heavy atom. The summed E-state index contributed by atoms with van der Waals surface area (Å²) in [6.45, 7) is 12.5. The van der Waals surface area contributed by atoms with Gasteiger partial charge in [0, 0.05) is 17.7 Å². The van der Waals surface area contributed by atoms with E-state index in [9.17, 15) is 18.3 Å². The summed E-state index contributed by atoms with van der Waals surface area (Å²) < 4.78 is 34.6. The van der Waals surface area contributed by atoms with Crippen molar-refractivity contribution in [1.29, 1.82) is 0 Å². The number of aromatic carboxylic acids is 1. The third-order valence-electron chi connectivity index (χ3n) is 6.79. The van der Waals surface area contributed by atoms with E-state index in [4.69, 9.17) is 10.5 Å². The zero-order valence-electron chi connectivity index (χ0n) is 23.5. The number of aryl methyl sites for hydroxylation is 2.